The smallest absolute Gasteiger partial charge is 0.0948 e. The normalized spacial score (nSPS) is 20.1. The average molecular weight is 264 g/mol. The molecule has 0 spiro atoms. The maximum absolute atomic E-state index is 4.34. The minimum absolute atomic E-state index is 0.518. The van der Waals surface area contributed by atoms with E-state index in [9.17, 15) is 0 Å². The van der Waals surface area contributed by atoms with Gasteiger partial charge in [-0.05, 0) is 45.4 Å². The van der Waals surface area contributed by atoms with E-state index >= 15 is 0 Å². The highest BCUT2D eigenvalue weighted by Gasteiger charge is 2.18. The third kappa shape index (κ3) is 4.05. The molecule has 0 aromatic carbocycles. The molecule has 108 valence electrons. The summed E-state index contributed by atoms with van der Waals surface area (Å²) in [7, 11) is 0. The molecule has 4 nitrogen and oxygen atoms in total. The van der Waals surface area contributed by atoms with Crippen LogP contribution in [0.1, 0.15) is 51.3 Å². The minimum atomic E-state index is 0.518. The third-order valence-electron chi connectivity index (χ3n) is 4.18. The van der Waals surface area contributed by atoms with Gasteiger partial charge in [-0.15, -0.1) is 0 Å². The van der Waals surface area contributed by atoms with Crippen molar-refractivity contribution in [3.05, 3.63) is 18.2 Å². The largest absolute Gasteiger partial charge is 0.333 e. The van der Waals surface area contributed by atoms with Gasteiger partial charge in [-0.3, -0.25) is 0 Å². The highest BCUT2D eigenvalue weighted by Crippen LogP contribution is 2.22. The first-order chi connectivity index (χ1) is 9.35. The van der Waals surface area contributed by atoms with Crippen molar-refractivity contribution in [2.24, 2.45) is 0 Å². The highest BCUT2D eigenvalue weighted by atomic mass is 15.1. The summed E-state index contributed by atoms with van der Waals surface area (Å²) in [6.07, 6.45) is 9.14. The standard InChI is InChI=1S/C15H28N4/c1-3-18(4-2)10-7-11-19-13-16-12-15(19)14-8-5-6-9-17-14/h12-14,17H,3-11H2,1-2H3. The van der Waals surface area contributed by atoms with Crippen LogP contribution in [-0.2, 0) is 6.54 Å². The molecule has 0 aliphatic carbocycles. The summed E-state index contributed by atoms with van der Waals surface area (Å²) in [5.74, 6) is 0. The molecule has 1 unspecified atom stereocenters. The maximum atomic E-state index is 4.34. The van der Waals surface area contributed by atoms with Crippen molar-refractivity contribution in [2.75, 3.05) is 26.2 Å². The fraction of sp³-hybridized carbons (Fsp3) is 0.800. The molecule has 1 atom stereocenters. The lowest BCUT2D eigenvalue weighted by Crippen LogP contribution is -2.29. The zero-order chi connectivity index (χ0) is 13.5. The number of hydrogen-bond acceptors (Lipinski definition) is 3. The Balaban J connectivity index is 1.85. The van der Waals surface area contributed by atoms with Crippen LogP contribution in [0.2, 0.25) is 0 Å². The van der Waals surface area contributed by atoms with Crippen molar-refractivity contribution < 1.29 is 0 Å². The van der Waals surface area contributed by atoms with E-state index < -0.39 is 0 Å². The van der Waals surface area contributed by atoms with Crippen molar-refractivity contribution >= 4 is 0 Å². The summed E-state index contributed by atoms with van der Waals surface area (Å²) in [6.45, 7) is 10.2. The van der Waals surface area contributed by atoms with Gasteiger partial charge in [0.15, 0.2) is 0 Å². The molecule has 0 radical (unpaired) electrons. The quantitative estimate of drug-likeness (QED) is 0.821. The molecular weight excluding hydrogens is 236 g/mol. The molecule has 0 saturated carbocycles. The van der Waals surface area contributed by atoms with Crippen LogP contribution in [0.5, 0.6) is 0 Å². The molecule has 2 heterocycles. The Kier molecular flexibility index (Phi) is 5.86. The second-order valence-electron chi connectivity index (χ2n) is 5.39. The predicted molar refractivity (Wildman–Crippen MR) is 79.2 cm³/mol. The van der Waals surface area contributed by atoms with E-state index in [1.807, 2.05) is 12.5 Å². The molecule has 1 fully saturated rings. The van der Waals surface area contributed by atoms with Crippen molar-refractivity contribution in [3.63, 3.8) is 0 Å². The minimum Gasteiger partial charge on any atom is -0.333 e. The van der Waals surface area contributed by atoms with Gasteiger partial charge in [0.2, 0.25) is 0 Å². The SMILES string of the molecule is CCN(CC)CCCn1cncc1C1CCCCN1. The topological polar surface area (TPSA) is 33.1 Å². The van der Waals surface area contributed by atoms with Crippen LogP contribution in [0.15, 0.2) is 12.5 Å². The molecule has 1 aromatic heterocycles. The summed E-state index contributed by atoms with van der Waals surface area (Å²) >= 11 is 0. The molecule has 19 heavy (non-hydrogen) atoms. The van der Waals surface area contributed by atoms with Crippen molar-refractivity contribution in [2.45, 2.75) is 52.1 Å². The van der Waals surface area contributed by atoms with E-state index in [1.165, 1.54) is 37.9 Å². The summed E-state index contributed by atoms with van der Waals surface area (Å²) in [4.78, 5) is 6.83. The monoisotopic (exact) mass is 264 g/mol. The molecule has 0 amide bonds. The zero-order valence-electron chi connectivity index (χ0n) is 12.4. The van der Waals surface area contributed by atoms with Gasteiger partial charge >= 0.3 is 0 Å². The van der Waals surface area contributed by atoms with Crippen LogP contribution in [0.25, 0.3) is 0 Å². The summed E-state index contributed by atoms with van der Waals surface area (Å²) in [5, 5.41) is 3.61. The Bertz CT molecular complexity index is 351. The van der Waals surface area contributed by atoms with Gasteiger partial charge in [-0.25, -0.2) is 4.98 Å². The van der Waals surface area contributed by atoms with Crippen molar-refractivity contribution in [1.82, 2.24) is 19.8 Å². The number of rotatable bonds is 7. The van der Waals surface area contributed by atoms with Crippen molar-refractivity contribution in [3.8, 4) is 0 Å². The van der Waals surface area contributed by atoms with Crippen LogP contribution >= 0.6 is 0 Å². The fourth-order valence-electron chi connectivity index (χ4n) is 2.92. The molecule has 2 rings (SSSR count). The molecule has 1 N–H and O–H groups in total. The van der Waals surface area contributed by atoms with Crippen LogP contribution in [0.4, 0.5) is 0 Å². The molecule has 1 saturated heterocycles. The van der Waals surface area contributed by atoms with E-state index in [1.54, 1.807) is 0 Å². The summed E-state index contributed by atoms with van der Waals surface area (Å²) in [6, 6.07) is 0.518. The van der Waals surface area contributed by atoms with Gasteiger partial charge in [-0.1, -0.05) is 20.3 Å². The number of piperidine rings is 1. The van der Waals surface area contributed by atoms with E-state index in [4.69, 9.17) is 0 Å². The van der Waals surface area contributed by atoms with Gasteiger partial charge in [0.1, 0.15) is 0 Å². The van der Waals surface area contributed by atoms with Gasteiger partial charge < -0.3 is 14.8 Å². The lowest BCUT2D eigenvalue weighted by atomic mass is 10.0. The number of nitrogens with one attached hydrogen (secondary N) is 1. The van der Waals surface area contributed by atoms with Gasteiger partial charge in [-0.2, -0.15) is 0 Å². The van der Waals surface area contributed by atoms with Gasteiger partial charge in [0.05, 0.1) is 12.0 Å². The first-order valence-corrected chi connectivity index (χ1v) is 7.81. The number of aromatic nitrogens is 2. The number of aryl methyl sites for hydroxylation is 1. The van der Waals surface area contributed by atoms with E-state index in [2.05, 4.69) is 33.6 Å². The molecule has 1 aromatic rings. The fourth-order valence-corrected chi connectivity index (χ4v) is 2.92. The first kappa shape index (κ1) is 14.5. The van der Waals surface area contributed by atoms with Gasteiger partial charge in [0.25, 0.3) is 0 Å². The Morgan fingerprint density at radius 3 is 2.89 bits per heavy atom. The van der Waals surface area contributed by atoms with Crippen LogP contribution in [-0.4, -0.2) is 40.6 Å². The molecule has 1 aliphatic rings. The number of hydrogen-bond donors (Lipinski definition) is 1. The van der Waals surface area contributed by atoms with E-state index in [-0.39, 0.29) is 0 Å². The lowest BCUT2D eigenvalue weighted by Gasteiger charge is -2.25. The van der Waals surface area contributed by atoms with E-state index in [0.29, 0.717) is 6.04 Å². The Morgan fingerprint density at radius 1 is 1.37 bits per heavy atom. The van der Waals surface area contributed by atoms with Crippen LogP contribution in [0.3, 0.4) is 0 Å². The lowest BCUT2D eigenvalue weighted by molar-refractivity contribution is 0.291. The molecule has 0 bridgehead atoms. The van der Waals surface area contributed by atoms with Crippen LogP contribution < -0.4 is 5.32 Å². The Hall–Kier alpha value is -0.870. The number of imidazole rings is 1. The highest BCUT2D eigenvalue weighted by molar-refractivity contribution is 5.06. The first-order valence-electron chi connectivity index (χ1n) is 7.81. The molecule has 1 aliphatic heterocycles. The second-order valence-corrected chi connectivity index (χ2v) is 5.39. The Morgan fingerprint density at radius 2 is 2.21 bits per heavy atom. The maximum Gasteiger partial charge on any atom is 0.0948 e. The molecule has 4 heteroatoms. The van der Waals surface area contributed by atoms with Crippen molar-refractivity contribution in [1.29, 1.82) is 0 Å². The second kappa shape index (κ2) is 7.65. The third-order valence-corrected chi connectivity index (χ3v) is 4.18. The predicted octanol–water partition coefficient (Wildman–Crippen LogP) is 2.43. The van der Waals surface area contributed by atoms with E-state index in [0.717, 1.165) is 26.2 Å². The van der Waals surface area contributed by atoms with Gasteiger partial charge in [0, 0.05) is 18.8 Å². The summed E-state index contributed by atoms with van der Waals surface area (Å²) in [5.41, 5.74) is 1.37. The van der Waals surface area contributed by atoms with Crippen LogP contribution in [0, 0.1) is 0 Å². The Labute approximate surface area is 117 Å². The summed E-state index contributed by atoms with van der Waals surface area (Å²) < 4.78 is 2.34. The number of nitrogens with zero attached hydrogens (tertiary/aromatic N) is 3. The molecular formula is C15H28N4. The zero-order valence-corrected chi connectivity index (χ0v) is 12.4. The average Bonchev–Trinajstić information content (AvgIpc) is 2.93.